The third-order valence-electron chi connectivity index (χ3n) is 12.8. The monoisotopic (exact) mass is 821 g/mol. The van der Waals surface area contributed by atoms with Gasteiger partial charge in [0.2, 0.25) is 0 Å². The van der Waals surface area contributed by atoms with Gasteiger partial charge >= 0.3 is 11.9 Å². The summed E-state index contributed by atoms with van der Waals surface area (Å²) in [6.45, 7) is 14.6. The van der Waals surface area contributed by atoms with E-state index in [4.69, 9.17) is 9.47 Å². The number of hydrogen-bond acceptors (Lipinski definition) is 7. The summed E-state index contributed by atoms with van der Waals surface area (Å²) >= 11 is 0. The van der Waals surface area contributed by atoms with Gasteiger partial charge < -0.3 is 24.4 Å². The zero-order valence-corrected chi connectivity index (χ0v) is 39.4. The number of aliphatic hydroxyl groups is 1. The van der Waals surface area contributed by atoms with E-state index in [1.807, 2.05) is 0 Å². The van der Waals surface area contributed by atoms with Gasteiger partial charge in [0.05, 0.1) is 6.61 Å². The fourth-order valence-corrected chi connectivity index (χ4v) is 8.92. The maximum Gasteiger partial charge on any atom is 0.306 e. The first-order valence-corrected chi connectivity index (χ1v) is 25.9. The molecule has 7 nitrogen and oxygen atoms in total. The van der Waals surface area contributed by atoms with Crippen molar-refractivity contribution in [2.45, 2.75) is 277 Å². The standard InChI is InChI=1S/C51H100N2O5/c1-5-9-13-25-33-48(34-26-14-10-6-2)57-50(55)37-29-21-17-19-23-31-41-53(47-39-43-52(44-40-47)45-46-54)42-32-24-20-18-22-30-38-51(56)58-49(35-27-15-11-7-3)36-28-16-12-8-4/h47-49,54H,5-46H2,1-4H3. The van der Waals surface area contributed by atoms with E-state index in [1.54, 1.807) is 0 Å². The number of rotatable bonds is 43. The molecule has 0 radical (unpaired) electrons. The highest BCUT2D eigenvalue weighted by atomic mass is 16.5. The highest BCUT2D eigenvalue weighted by molar-refractivity contribution is 5.69. The number of likely N-dealkylation sites (tertiary alicyclic amines) is 1. The molecule has 1 aliphatic rings. The summed E-state index contributed by atoms with van der Waals surface area (Å²) in [7, 11) is 0. The van der Waals surface area contributed by atoms with Gasteiger partial charge in [-0.05, 0) is 116 Å². The van der Waals surface area contributed by atoms with Crippen LogP contribution in [0.1, 0.15) is 259 Å². The molecule has 0 aromatic rings. The molecule has 0 spiro atoms. The minimum absolute atomic E-state index is 0.0293. The number of nitrogens with zero attached hydrogens (tertiary/aromatic N) is 2. The third kappa shape index (κ3) is 32.6. The van der Waals surface area contributed by atoms with E-state index in [0.717, 1.165) is 71.0 Å². The number of piperidine rings is 1. The molecule has 0 saturated carbocycles. The van der Waals surface area contributed by atoms with Crippen LogP contribution < -0.4 is 0 Å². The molecule has 0 aliphatic carbocycles. The molecule has 1 N–H and O–H groups in total. The molecule has 0 bridgehead atoms. The quantitative estimate of drug-likeness (QED) is 0.0485. The summed E-state index contributed by atoms with van der Waals surface area (Å²) in [6.07, 6.45) is 41.9. The Bertz CT molecular complexity index is 812. The van der Waals surface area contributed by atoms with Crippen molar-refractivity contribution in [2.75, 3.05) is 39.3 Å². The Morgan fingerprint density at radius 3 is 1.17 bits per heavy atom. The van der Waals surface area contributed by atoms with E-state index in [2.05, 4.69) is 37.5 Å². The van der Waals surface area contributed by atoms with Crippen molar-refractivity contribution < 1.29 is 24.2 Å². The van der Waals surface area contributed by atoms with E-state index in [-0.39, 0.29) is 30.8 Å². The SMILES string of the molecule is CCCCCCC(CCCCCC)OC(=O)CCCCCCCCN(CCCCCCCCC(=O)OC(CCCCCC)CCCCCC)C1CCN(CCO)CC1. The molecule has 0 aromatic heterocycles. The number of aliphatic hydroxyl groups excluding tert-OH is 1. The Morgan fingerprint density at radius 2 is 0.828 bits per heavy atom. The van der Waals surface area contributed by atoms with Crippen LogP contribution >= 0.6 is 0 Å². The fraction of sp³-hybridized carbons (Fsp3) is 0.961. The maximum absolute atomic E-state index is 12.7. The van der Waals surface area contributed by atoms with Crippen molar-refractivity contribution in [2.24, 2.45) is 0 Å². The molecule has 1 heterocycles. The van der Waals surface area contributed by atoms with E-state index in [9.17, 15) is 14.7 Å². The Hall–Kier alpha value is -1.18. The number of ether oxygens (including phenoxy) is 2. The van der Waals surface area contributed by atoms with Crippen molar-refractivity contribution in [3.63, 3.8) is 0 Å². The lowest BCUT2D eigenvalue weighted by molar-refractivity contribution is -0.151. The number of carbonyl (C=O) groups excluding carboxylic acids is 2. The topological polar surface area (TPSA) is 79.3 Å². The van der Waals surface area contributed by atoms with Gasteiger partial charge in [0.25, 0.3) is 0 Å². The summed E-state index contributed by atoms with van der Waals surface area (Å²) in [4.78, 5) is 30.6. The van der Waals surface area contributed by atoms with Crippen LogP contribution in [0.5, 0.6) is 0 Å². The first kappa shape index (κ1) is 54.8. The second-order valence-electron chi connectivity index (χ2n) is 18.2. The van der Waals surface area contributed by atoms with Crippen molar-refractivity contribution in [3.05, 3.63) is 0 Å². The third-order valence-corrected chi connectivity index (χ3v) is 12.8. The number of esters is 2. The van der Waals surface area contributed by atoms with Gasteiger partial charge in [-0.2, -0.15) is 0 Å². The lowest BCUT2D eigenvalue weighted by Gasteiger charge is -2.38. The highest BCUT2D eigenvalue weighted by Gasteiger charge is 2.24. The Labute approximate surface area is 361 Å². The lowest BCUT2D eigenvalue weighted by atomic mass is 10.0. The number of unbranched alkanes of at least 4 members (excludes halogenated alkanes) is 22. The van der Waals surface area contributed by atoms with Gasteiger partial charge in [-0.15, -0.1) is 0 Å². The van der Waals surface area contributed by atoms with Crippen LogP contribution in [0.4, 0.5) is 0 Å². The lowest BCUT2D eigenvalue weighted by Crippen LogP contribution is -2.46. The van der Waals surface area contributed by atoms with Gasteiger partial charge in [0.15, 0.2) is 0 Å². The zero-order valence-electron chi connectivity index (χ0n) is 39.4. The van der Waals surface area contributed by atoms with Crippen LogP contribution in [0.15, 0.2) is 0 Å². The highest BCUT2D eigenvalue weighted by Crippen LogP contribution is 2.21. The Morgan fingerprint density at radius 1 is 0.500 bits per heavy atom. The van der Waals surface area contributed by atoms with Gasteiger partial charge in [-0.3, -0.25) is 9.59 Å². The Balaban J connectivity index is 2.33. The second kappa shape index (κ2) is 41.2. The Kier molecular flexibility index (Phi) is 38.9. The van der Waals surface area contributed by atoms with Gasteiger partial charge in [0.1, 0.15) is 12.2 Å². The van der Waals surface area contributed by atoms with Gasteiger partial charge in [0, 0.05) is 25.4 Å². The van der Waals surface area contributed by atoms with Crippen LogP contribution in [0.2, 0.25) is 0 Å². The molecule has 0 amide bonds. The molecular formula is C51H100N2O5. The van der Waals surface area contributed by atoms with E-state index >= 15 is 0 Å². The smallest absolute Gasteiger partial charge is 0.306 e. The minimum atomic E-state index is 0.0293. The zero-order chi connectivity index (χ0) is 42.2. The second-order valence-corrected chi connectivity index (χ2v) is 18.2. The summed E-state index contributed by atoms with van der Waals surface area (Å²) in [6, 6.07) is 0.663. The van der Waals surface area contributed by atoms with Crippen molar-refractivity contribution in [3.8, 4) is 0 Å². The average molecular weight is 821 g/mol. The van der Waals surface area contributed by atoms with E-state index in [1.165, 1.54) is 180 Å². The van der Waals surface area contributed by atoms with Crippen molar-refractivity contribution >= 4 is 11.9 Å². The molecular weight excluding hydrogens is 721 g/mol. The summed E-state index contributed by atoms with van der Waals surface area (Å²) in [5.41, 5.74) is 0. The van der Waals surface area contributed by atoms with E-state index in [0.29, 0.717) is 18.9 Å². The molecule has 0 atom stereocenters. The largest absolute Gasteiger partial charge is 0.462 e. The van der Waals surface area contributed by atoms with Gasteiger partial charge in [-0.1, -0.05) is 156 Å². The summed E-state index contributed by atoms with van der Waals surface area (Å²) in [5.74, 6) is 0.0586. The summed E-state index contributed by atoms with van der Waals surface area (Å²) in [5, 5.41) is 9.43. The fourth-order valence-electron chi connectivity index (χ4n) is 8.92. The predicted molar refractivity (Wildman–Crippen MR) is 248 cm³/mol. The number of carbonyl (C=O) groups is 2. The molecule has 344 valence electrons. The van der Waals surface area contributed by atoms with Crippen LogP contribution in [0, 0.1) is 0 Å². The first-order valence-electron chi connectivity index (χ1n) is 25.9. The molecule has 0 aromatic carbocycles. The molecule has 1 saturated heterocycles. The molecule has 7 heteroatoms. The number of β-amino-alcohol motifs (C(OH)–C–C–N with tert-alkyl or cyclic N) is 1. The van der Waals surface area contributed by atoms with Crippen molar-refractivity contribution in [1.82, 2.24) is 9.80 Å². The minimum Gasteiger partial charge on any atom is -0.462 e. The normalized spacial score (nSPS) is 14.0. The number of hydrogen-bond donors (Lipinski definition) is 1. The van der Waals surface area contributed by atoms with Crippen LogP contribution in [-0.2, 0) is 19.1 Å². The first-order chi connectivity index (χ1) is 28.5. The molecule has 1 rings (SSSR count). The molecule has 1 aliphatic heterocycles. The predicted octanol–water partition coefficient (Wildman–Crippen LogP) is 13.9. The average Bonchev–Trinajstić information content (AvgIpc) is 3.22. The maximum atomic E-state index is 12.7. The van der Waals surface area contributed by atoms with Crippen LogP contribution in [0.3, 0.4) is 0 Å². The molecule has 1 fully saturated rings. The van der Waals surface area contributed by atoms with E-state index < -0.39 is 0 Å². The van der Waals surface area contributed by atoms with Crippen molar-refractivity contribution in [1.29, 1.82) is 0 Å². The van der Waals surface area contributed by atoms with Crippen LogP contribution in [-0.4, -0.2) is 84.4 Å². The molecule has 0 unspecified atom stereocenters. The van der Waals surface area contributed by atoms with Gasteiger partial charge in [-0.25, -0.2) is 0 Å². The molecule has 58 heavy (non-hydrogen) atoms. The van der Waals surface area contributed by atoms with Crippen LogP contribution in [0.25, 0.3) is 0 Å². The summed E-state index contributed by atoms with van der Waals surface area (Å²) < 4.78 is 12.0.